The van der Waals surface area contributed by atoms with Gasteiger partial charge in [-0.25, -0.2) is 0 Å². The van der Waals surface area contributed by atoms with Crippen molar-refractivity contribution in [3.8, 4) is 0 Å². The molecule has 1 atom stereocenters. The maximum Gasteiger partial charge on any atom is 0.0594 e. The van der Waals surface area contributed by atoms with Crippen molar-refractivity contribution in [1.82, 2.24) is 14.8 Å². The minimum absolute atomic E-state index is 0.360. The second-order valence-electron chi connectivity index (χ2n) is 6.16. The zero-order valence-corrected chi connectivity index (χ0v) is 13.9. The van der Waals surface area contributed by atoms with E-state index in [-0.39, 0.29) is 0 Å². The highest BCUT2D eigenvalue weighted by Gasteiger charge is 2.11. The number of nitrogens with zero attached hydrogens (tertiary/aromatic N) is 2. The van der Waals surface area contributed by atoms with Crippen LogP contribution >= 0.6 is 0 Å². The molecule has 0 saturated carbocycles. The van der Waals surface area contributed by atoms with E-state index in [0.29, 0.717) is 6.04 Å². The predicted octanol–water partition coefficient (Wildman–Crippen LogP) is 2.67. The fraction of sp³-hybridized carbons (Fsp3) is 0.474. The molecule has 1 aliphatic rings. The lowest BCUT2D eigenvalue weighted by molar-refractivity contribution is 0.0363. The summed E-state index contributed by atoms with van der Waals surface area (Å²) in [4.78, 5) is 2.48. The lowest BCUT2D eigenvalue weighted by atomic mass is 10.1. The van der Waals surface area contributed by atoms with Gasteiger partial charge in [0.1, 0.15) is 0 Å². The Balaban J connectivity index is 1.50. The SMILES string of the molecule is C[C@@H](NCc1cccn1CCN1CCOCC1)c1ccccc1. The summed E-state index contributed by atoms with van der Waals surface area (Å²) in [5.74, 6) is 0. The van der Waals surface area contributed by atoms with Crippen molar-refractivity contribution in [3.05, 3.63) is 59.9 Å². The number of benzene rings is 1. The smallest absolute Gasteiger partial charge is 0.0594 e. The number of aromatic nitrogens is 1. The Morgan fingerprint density at radius 1 is 1.04 bits per heavy atom. The molecule has 1 aliphatic heterocycles. The molecule has 0 amide bonds. The van der Waals surface area contributed by atoms with Crippen LogP contribution in [0.1, 0.15) is 24.2 Å². The molecule has 0 radical (unpaired) electrons. The molecule has 0 spiro atoms. The van der Waals surface area contributed by atoms with Gasteiger partial charge < -0.3 is 14.6 Å². The van der Waals surface area contributed by atoms with E-state index < -0.39 is 0 Å². The fourth-order valence-corrected chi connectivity index (χ4v) is 3.02. The van der Waals surface area contributed by atoms with Crippen LogP contribution < -0.4 is 5.32 Å². The van der Waals surface area contributed by atoms with Crippen molar-refractivity contribution in [2.24, 2.45) is 0 Å². The topological polar surface area (TPSA) is 29.4 Å². The molecule has 0 bridgehead atoms. The van der Waals surface area contributed by atoms with Gasteiger partial charge in [0, 0.05) is 50.7 Å². The van der Waals surface area contributed by atoms with Gasteiger partial charge in [-0.3, -0.25) is 4.90 Å². The molecule has 1 saturated heterocycles. The molecule has 1 aromatic heterocycles. The van der Waals surface area contributed by atoms with Gasteiger partial charge in [0.05, 0.1) is 13.2 Å². The van der Waals surface area contributed by atoms with Crippen molar-refractivity contribution in [3.63, 3.8) is 0 Å². The van der Waals surface area contributed by atoms with Crippen molar-refractivity contribution in [1.29, 1.82) is 0 Å². The van der Waals surface area contributed by atoms with Crippen LogP contribution in [-0.4, -0.2) is 42.3 Å². The van der Waals surface area contributed by atoms with Gasteiger partial charge >= 0.3 is 0 Å². The zero-order chi connectivity index (χ0) is 15.9. The first kappa shape index (κ1) is 16.2. The quantitative estimate of drug-likeness (QED) is 0.852. The monoisotopic (exact) mass is 313 g/mol. The van der Waals surface area contributed by atoms with Gasteiger partial charge in [-0.05, 0) is 24.6 Å². The standard InChI is InChI=1S/C19H27N3O/c1-17(18-6-3-2-4-7-18)20-16-19-8-5-9-22(19)11-10-21-12-14-23-15-13-21/h2-9,17,20H,10-16H2,1H3/t17-/m1/s1. The Kier molecular flexibility index (Phi) is 5.86. The number of rotatable bonds is 7. The van der Waals surface area contributed by atoms with Gasteiger partial charge in [-0.2, -0.15) is 0 Å². The van der Waals surface area contributed by atoms with Crippen LogP contribution in [0.4, 0.5) is 0 Å². The van der Waals surface area contributed by atoms with Crippen LogP contribution in [0.15, 0.2) is 48.7 Å². The van der Waals surface area contributed by atoms with E-state index in [1.54, 1.807) is 0 Å². The van der Waals surface area contributed by atoms with E-state index in [2.05, 4.69) is 70.4 Å². The van der Waals surface area contributed by atoms with E-state index in [0.717, 1.165) is 45.9 Å². The Hall–Kier alpha value is -1.62. The third-order valence-corrected chi connectivity index (χ3v) is 4.57. The fourth-order valence-electron chi connectivity index (χ4n) is 3.02. The Morgan fingerprint density at radius 2 is 1.83 bits per heavy atom. The first-order valence-corrected chi connectivity index (χ1v) is 8.55. The summed E-state index contributed by atoms with van der Waals surface area (Å²) < 4.78 is 7.77. The number of nitrogens with one attached hydrogen (secondary N) is 1. The molecule has 3 rings (SSSR count). The number of hydrogen-bond donors (Lipinski definition) is 1. The molecular formula is C19H27N3O. The Morgan fingerprint density at radius 3 is 2.61 bits per heavy atom. The summed E-state index contributed by atoms with van der Waals surface area (Å²) in [6, 6.07) is 15.3. The Labute approximate surface area is 139 Å². The number of morpholine rings is 1. The molecule has 23 heavy (non-hydrogen) atoms. The van der Waals surface area contributed by atoms with Crippen LogP contribution in [0.25, 0.3) is 0 Å². The molecule has 1 aromatic carbocycles. The summed E-state index contributed by atoms with van der Waals surface area (Å²) in [6.45, 7) is 9.11. The molecule has 1 N–H and O–H groups in total. The second kappa shape index (κ2) is 8.29. The van der Waals surface area contributed by atoms with E-state index in [1.165, 1.54) is 11.3 Å². The molecule has 4 nitrogen and oxygen atoms in total. The van der Waals surface area contributed by atoms with Gasteiger partial charge in [0.2, 0.25) is 0 Å². The third-order valence-electron chi connectivity index (χ3n) is 4.57. The van der Waals surface area contributed by atoms with Crippen molar-refractivity contribution in [2.75, 3.05) is 32.8 Å². The molecule has 1 fully saturated rings. The third kappa shape index (κ3) is 4.67. The molecule has 0 unspecified atom stereocenters. The lowest BCUT2D eigenvalue weighted by Gasteiger charge is -2.27. The van der Waals surface area contributed by atoms with Crippen LogP contribution in [0.5, 0.6) is 0 Å². The predicted molar refractivity (Wildman–Crippen MR) is 93.4 cm³/mol. The van der Waals surface area contributed by atoms with Gasteiger partial charge in [-0.15, -0.1) is 0 Å². The highest BCUT2D eigenvalue weighted by molar-refractivity contribution is 5.18. The average Bonchev–Trinajstić information content (AvgIpc) is 3.07. The molecule has 0 aliphatic carbocycles. The molecule has 2 heterocycles. The second-order valence-corrected chi connectivity index (χ2v) is 6.16. The normalized spacial score (nSPS) is 17.3. The lowest BCUT2D eigenvalue weighted by Crippen LogP contribution is -2.38. The van der Waals surface area contributed by atoms with Crippen molar-refractivity contribution >= 4 is 0 Å². The highest BCUT2D eigenvalue weighted by atomic mass is 16.5. The van der Waals surface area contributed by atoms with Crippen molar-refractivity contribution < 1.29 is 4.74 Å². The zero-order valence-electron chi connectivity index (χ0n) is 13.9. The number of ether oxygens (including phenoxy) is 1. The molecule has 124 valence electrons. The summed E-state index contributed by atoms with van der Waals surface area (Å²) in [7, 11) is 0. The van der Waals surface area contributed by atoms with E-state index in [1.807, 2.05) is 0 Å². The van der Waals surface area contributed by atoms with E-state index in [9.17, 15) is 0 Å². The van der Waals surface area contributed by atoms with Gasteiger partial charge in [0.25, 0.3) is 0 Å². The number of hydrogen-bond acceptors (Lipinski definition) is 3. The van der Waals surface area contributed by atoms with E-state index in [4.69, 9.17) is 4.74 Å². The maximum absolute atomic E-state index is 5.41. The van der Waals surface area contributed by atoms with Crippen LogP contribution in [-0.2, 0) is 17.8 Å². The average molecular weight is 313 g/mol. The van der Waals surface area contributed by atoms with Gasteiger partial charge in [0.15, 0.2) is 0 Å². The van der Waals surface area contributed by atoms with Crippen molar-refractivity contribution in [2.45, 2.75) is 26.1 Å². The maximum atomic E-state index is 5.41. The van der Waals surface area contributed by atoms with Crippen LogP contribution in [0.3, 0.4) is 0 Å². The summed E-state index contributed by atoms with van der Waals surface area (Å²) in [5, 5.41) is 3.63. The molecule has 4 heteroatoms. The summed E-state index contributed by atoms with van der Waals surface area (Å²) in [6.07, 6.45) is 2.19. The first-order chi connectivity index (χ1) is 11.3. The Bertz CT molecular complexity index is 575. The highest BCUT2D eigenvalue weighted by Crippen LogP contribution is 2.12. The molecular weight excluding hydrogens is 286 g/mol. The minimum atomic E-state index is 0.360. The first-order valence-electron chi connectivity index (χ1n) is 8.55. The largest absolute Gasteiger partial charge is 0.379 e. The van der Waals surface area contributed by atoms with Gasteiger partial charge in [-0.1, -0.05) is 30.3 Å². The van der Waals surface area contributed by atoms with Crippen LogP contribution in [0, 0.1) is 0 Å². The minimum Gasteiger partial charge on any atom is -0.379 e. The summed E-state index contributed by atoms with van der Waals surface area (Å²) in [5.41, 5.74) is 2.68. The summed E-state index contributed by atoms with van der Waals surface area (Å²) >= 11 is 0. The van der Waals surface area contributed by atoms with Crippen LogP contribution in [0.2, 0.25) is 0 Å². The van der Waals surface area contributed by atoms with E-state index >= 15 is 0 Å². The molecule has 2 aromatic rings.